The smallest absolute Gasteiger partial charge is 0.328 e. The van der Waals surface area contributed by atoms with Crippen molar-refractivity contribution < 1.29 is 27.1 Å². The number of fused-ring (bicyclic) bond motifs is 1. The fourth-order valence-corrected chi connectivity index (χ4v) is 3.74. The van der Waals surface area contributed by atoms with Crippen molar-refractivity contribution in [2.24, 2.45) is 4.99 Å². The second-order valence-electron chi connectivity index (χ2n) is 5.90. The molecule has 10 heteroatoms. The number of hydrogen-bond acceptors (Lipinski definition) is 6. The first kappa shape index (κ1) is 19.5. The summed E-state index contributed by atoms with van der Waals surface area (Å²) in [6.45, 7) is 0.872. The zero-order valence-electron chi connectivity index (χ0n) is 14.7. The summed E-state index contributed by atoms with van der Waals surface area (Å²) < 4.78 is 44.4. The van der Waals surface area contributed by atoms with Crippen LogP contribution < -0.4 is 10.0 Å². The SMILES string of the molecule is C[C@@H](OC(=O)CN=C1NS(=O)(=O)c2ccccc21)C(=O)Nc1cccc(F)c1. The van der Waals surface area contributed by atoms with Gasteiger partial charge in [-0.1, -0.05) is 18.2 Å². The normalized spacial score (nSPS) is 16.7. The van der Waals surface area contributed by atoms with E-state index in [0.29, 0.717) is 5.56 Å². The minimum absolute atomic E-state index is 0.0319. The Balaban J connectivity index is 1.60. The quantitative estimate of drug-likeness (QED) is 0.731. The highest BCUT2D eigenvalue weighted by Crippen LogP contribution is 2.22. The highest BCUT2D eigenvalue weighted by atomic mass is 32.2. The topological polar surface area (TPSA) is 114 Å². The van der Waals surface area contributed by atoms with Crippen LogP contribution in [-0.2, 0) is 24.3 Å². The Bertz CT molecular complexity index is 1070. The highest BCUT2D eigenvalue weighted by Gasteiger charge is 2.30. The first-order chi connectivity index (χ1) is 13.3. The monoisotopic (exact) mass is 405 g/mol. The van der Waals surface area contributed by atoms with Crippen LogP contribution in [-0.4, -0.2) is 38.8 Å². The molecule has 0 aromatic heterocycles. The largest absolute Gasteiger partial charge is 0.451 e. The molecular weight excluding hydrogens is 389 g/mol. The Morgan fingerprint density at radius 2 is 1.96 bits per heavy atom. The number of anilines is 1. The zero-order chi connectivity index (χ0) is 20.3. The minimum Gasteiger partial charge on any atom is -0.451 e. The lowest BCUT2D eigenvalue weighted by molar-refractivity contribution is -0.151. The molecule has 0 saturated carbocycles. The first-order valence-corrected chi connectivity index (χ1v) is 9.67. The van der Waals surface area contributed by atoms with Gasteiger partial charge >= 0.3 is 5.97 Å². The van der Waals surface area contributed by atoms with Gasteiger partial charge in [-0.15, -0.1) is 0 Å². The number of carbonyl (C=O) groups excluding carboxylic acids is 2. The Morgan fingerprint density at radius 3 is 2.71 bits per heavy atom. The lowest BCUT2D eigenvalue weighted by atomic mass is 10.2. The average Bonchev–Trinajstić information content (AvgIpc) is 2.91. The molecule has 146 valence electrons. The van der Waals surface area contributed by atoms with Crippen molar-refractivity contribution in [1.29, 1.82) is 0 Å². The van der Waals surface area contributed by atoms with E-state index in [1.807, 2.05) is 0 Å². The van der Waals surface area contributed by atoms with Crippen LogP contribution in [0.3, 0.4) is 0 Å². The van der Waals surface area contributed by atoms with E-state index in [9.17, 15) is 22.4 Å². The number of hydrogen-bond donors (Lipinski definition) is 2. The summed E-state index contributed by atoms with van der Waals surface area (Å²) in [5, 5.41) is 2.43. The first-order valence-electron chi connectivity index (χ1n) is 8.19. The van der Waals surface area contributed by atoms with Crippen molar-refractivity contribution in [2.45, 2.75) is 17.9 Å². The summed E-state index contributed by atoms with van der Waals surface area (Å²) in [4.78, 5) is 28.0. The molecular formula is C18H16FN3O5S. The second-order valence-corrected chi connectivity index (χ2v) is 7.55. The standard InChI is InChI=1S/C18H16FN3O5S/c1-11(18(24)21-13-6-4-5-12(19)9-13)27-16(23)10-20-17-14-7-2-3-8-15(14)28(25,26)22-17/h2-9,11H,10H2,1H3,(H,20,22)(H,21,24)/t11-/m1/s1. The van der Waals surface area contributed by atoms with Crippen molar-refractivity contribution in [3.05, 3.63) is 59.9 Å². The molecule has 1 amide bonds. The maximum atomic E-state index is 13.1. The fourth-order valence-electron chi connectivity index (χ4n) is 2.49. The molecule has 1 atom stereocenters. The Labute approximate surface area is 160 Å². The number of nitrogens with zero attached hydrogens (tertiary/aromatic N) is 1. The molecule has 0 spiro atoms. The number of ether oxygens (including phenoxy) is 1. The number of esters is 1. The van der Waals surface area contributed by atoms with Gasteiger partial charge in [0.2, 0.25) is 0 Å². The van der Waals surface area contributed by atoms with E-state index < -0.39 is 40.4 Å². The van der Waals surface area contributed by atoms with Crippen molar-refractivity contribution in [2.75, 3.05) is 11.9 Å². The highest BCUT2D eigenvalue weighted by molar-refractivity contribution is 7.90. The van der Waals surface area contributed by atoms with Gasteiger partial charge in [0.15, 0.2) is 6.10 Å². The molecule has 8 nitrogen and oxygen atoms in total. The third-order valence-corrected chi connectivity index (χ3v) is 5.20. The van der Waals surface area contributed by atoms with E-state index in [4.69, 9.17) is 4.74 Å². The van der Waals surface area contributed by atoms with Crippen molar-refractivity contribution in [3.8, 4) is 0 Å². The summed E-state index contributed by atoms with van der Waals surface area (Å²) >= 11 is 0. The number of amides is 1. The van der Waals surface area contributed by atoms with Gasteiger partial charge < -0.3 is 10.1 Å². The molecule has 1 aliphatic heterocycles. The van der Waals surface area contributed by atoms with Gasteiger partial charge in [0.05, 0.1) is 4.90 Å². The van der Waals surface area contributed by atoms with E-state index in [0.717, 1.165) is 6.07 Å². The predicted molar refractivity (Wildman–Crippen MR) is 98.8 cm³/mol. The van der Waals surface area contributed by atoms with Gasteiger partial charge in [0.1, 0.15) is 18.2 Å². The zero-order valence-corrected chi connectivity index (χ0v) is 15.5. The number of aliphatic imine (C=N–C) groups is 1. The van der Waals surface area contributed by atoms with Crippen molar-refractivity contribution in [3.63, 3.8) is 0 Å². The third kappa shape index (κ3) is 4.34. The molecule has 1 aliphatic rings. The maximum absolute atomic E-state index is 13.1. The van der Waals surface area contributed by atoms with Crippen LogP contribution in [0.25, 0.3) is 0 Å². The molecule has 2 N–H and O–H groups in total. The molecule has 0 aliphatic carbocycles. The molecule has 28 heavy (non-hydrogen) atoms. The number of rotatable bonds is 5. The molecule has 2 aromatic carbocycles. The number of nitrogens with one attached hydrogen (secondary N) is 2. The Hall–Kier alpha value is -3.27. The molecule has 0 radical (unpaired) electrons. The molecule has 0 bridgehead atoms. The molecule has 0 saturated heterocycles. The summed E-state index contributed by atoms with van der Waals surface area (Å²) in [6, 6.07) is 11.5. The maximum Gasteiger partial charge on any atom is 0.328 e. The Morgan fingerprint density at radius 1 is 1.21 bits per heavy atom. The molecule has 2 aromatic rings. The van der Waals surface area contributed by atoms with Crippen LogP contribution in [0.4, 0.5) is 10.1 Å². The van der Waals surface area contributed by atoms with Crippen molar-refractivity contribution >= 4 is 33.4 Å². The van der Waals surface area contributed by atoms with Gasteiger partial charge in [-0.3, -0.25) is 19.3 Å². The van der Waals surface area contributed by atoms with E-state index in [-0.39, 0.29) is 16.4 Å². The second kappa shape index (κ2) is 7.77. The summed E-state index contributed by atoms with van der Waals surface area (Å²) in [5.74, 6) is -1.95. The van der Waals surface area contributed by atoms with Crippen LogP contribution in [0.15, 0.2) is 58.4 Å². The Kier molecular flexibility index (Phi) is 5.41. The van der Waals surface area contributed by atoms with Gasteiger partial charge in [0, 0.05) is 11.3 Å². The lowest BCUT2D eigenvalue weighted by Crippen LogP contribution is -2.31. The average molecular weight is 405 g/mol. The van der Waals surface area contributed by atoms with E-state index in [1.54, 1.807) is 18.2 Å². The number of halogens is 1. The van der Waals surface area contributed by atoms with Gasteiger partial charge in [0.25, 0.3) is 15.9 Å². The van der Waals surface area contributed by atoms with Gasteiger partial charge in [-0.2, -0.15) is 0 Å². The van der Waals surface area contributed by atoms with E-state index >= 15 is 0 Å². The van der Waals surface area contributed by atoms with Crippen LogP contribution in [0, 0.1) is 5.82 Å². The summed E-state index contributed by atoms with van der Waals surface area (Å²) in [5.41, 5.74) is 0.581. The number of amidine groups is 1. The summed E-state index contributed by atoms with van der Waals surface area (Å²) in [6.07, 6.45) is -1.15. The minimum atomic E-state index is -3.70. The molecule has 3 rings (SSSR count). The molecule has 1 heterocycles. The lowest BCUT2D eigenvalue weighted by Gasteiger charge is -2.13. The summed E-state index contributed by atoms with van der Waals surface area (Å²) in [7, 11) is -3.70. The number of carbonyl (C=O) groups is 2. The van der Waals surface area contributed by atoms with E-state index in [2.05, 4.69) is 15.0 Å². The van der Waals surface area contributed by atoms with Crippen LogP contribution in [0.5, 0.6) is 0 Å². The van der Waals surface area contributed by atoms with E-state index in [1.165, 1.54) is 31.2 Å². The predicted octanol–water partition coefficient (Wildman–Crippen LogP) is 1.43. The van der Waals surface area contributed by atoms with Gasteiger partial charge in [-0.05, 0) is 37.3 Å². The molecule has 0 unspecified atom stereocenters. The molecule has 0 fully saturated rings. The number of sulfonamides is 1. The van der Waals surface area contributed by atoms with Crippen molar-refractivity contribution in [1.82, 2.24) is 4.72 Å². The number of benzene rings is 2. The third-order valence-electron chi connectivity index (χ3n) is 3.80. The van der Waals surface area contributed by atoms with Crippen LogP contribution in [0.2, 0.25) is 0 Å². The van der Waals surface area contributed by atoms with Gasteiger partial charge in [-0.25, -0.2) is 12.8 Å². The van der Waals surface area contributed by atoms with Crippen LogP contribution in [0.1, 0.15) is 12.5 Å². The fraction of sp³-hybridized carbons (Fsp3) is 0.167. The van der Waals surface area contributed by atoms with Crippen LogP contribution >= 0.6 is 0 Å².